The lowest BCUT2D eigenvalue weighted by atomic mass is 9.73. The standard InChI is InChI=1S/C20H23N3O2/c1-21-19(24)25-15-9-10-17-16(13-15)20(14-7-5-4-6-8-14)11-12-22(2)18(20)23(17)3/h4-10,13,18H,11-12H2,1-3H3,(H,21,24)/t18-,20+/m0/s1. The van der Waals surface area contributed by atoms with Gasteiger partial charge in [0.05, 0.1) is 11.6 Å². The zero-order chi connectivity index (χ0) is 17.6. The van der Waals surface area contributed by atoms with E-state index in [9.17, 15) is 4.79 Å². The number of rotatable bonds is 2. The number of benzene rings is 2. The number of hydrogen-bond donors (Lipinski definition) is 1. The van der Waals surface area contributed by atoms with Crippen molar-refractivity contribution in [2.75, 3.05) is 32.6 Å². The van der Waals surface area contributed by atoms with Gasteiger partial charge < -0.3 is 15.0 Å². The van der Waals surface area contributed by atoms with Crippen LogP contribution < -0.4 is 15.0 Å². The minimum atomic E-state index is -0.444. The summed E-state index contributed by atoms with van der Waals surface area (Å²) >= 11 is 0. The Morgan fingerprint density at radius 3 is 2.68 bits per heavy atom. The molecule has 0 spiro atoms. The van der Waals surface area contributed by atoms with Crippen LogP contribution in [0.3, 0.4) is 0 Å². The fourth-order valence-corrected chi connectivity index (χ4v) is 4.60. The SMILES string of the molecule is CNC(=O)Oc1ccc2c(c1)[C@]1(c3ccccc3)CCN(C)[C@H]1N2C. The third-order valence-corrected chi connectivity index (χ3v) is 5.62. The monoisotopic (exact) mass is 337 g/mol. The van der Waals surface area contributed by atoms with E-state index in [1.807, 2.05) is 12.1 Å². The summed E-state index contributed by atoms with van der Waals surface area (Å²) < 4.78 is 5.40. The average molecular weight is 337 g/mol. The Labute approximate surface area is 148 Å². The molecular weight excluding hydrogens is 314 g/mol. The molecule has 2 aromatic rings. The number of fused-ring (bicyclic) bond motifs is 3. The van der Waals surface area contributed by atoms with Crippen molar-refractivity contribution in [2.24, 2.45) is 0 Å². The van der Waals surface area contributed by atoms with Gasteiger partial charge in [0.15, 0.2) is 0 Å². The summed E-state index contributed by atoms with van der Waals surface area (Å²) in [5.41, 5.74) is 3.64. The number of carbonyl (C=O) groups is 1. The van der Waals surface area contributed by atoms with Crippen LogP contribution in [0.4, 0.5) is 10.5 Å². The van der Waals surface area contributed by atoms with Crippen molar-refractivity contribution >= 4 is 11.8 Å². The highest BCUT2D eigenvalue weighted by Crippen LogP contribution is 2.55. The van der Waals surface area contributed by atoms with Crippen LogP contribution in [-0.4, -0.2) is 44.8 Å². The summed E-state index contributed by atoms with van der Waals surface area (Å²) in [6.07, 6.45) is 0.860. The van der Waals surface area contributed by atoms with Crippen molar-refractivity contribution in [2.45, 2.75) is 18.0 Å². The van der Waals surface area contributed by atoms with Gasteiger partial charge in [-0.25, -0.2) is 4.79 Å². The predicted octanol–water partition coefficient (Wildman–Crippen LogP) is 2.80. The molecule has 0 bridgehead atoms. The van der Waals surface area contributed by atoms with Crippen molar-refractivity contribution in [3.63, 3.8) is 0 Å². The maximum absolute atomic E-state index is 11.6. The number of hydrogen-bond acceptors (Lipinski definition) is 4. The van der Waals surface area contributed by atoms with E-state index >= 15 is 0 Å². The predicted molar refractivity (Wildman–Crippen MR) is 98.2 cm³/mol. The van der Waals surface area contributed by atoms with E-state index in [1.165, 1.54) is 16.8 Å². The Bertz CT molecular complexity index is 808. The molecule has 0 aromatic heterocycles. The van der Waals surface area contributed by atoms with Gasteiger partial charge in [-0.1, -0.05) is 30.3 Å². The zero-order valence-electron chi connectivity index (χ0n) is 14.8. The molecule has 0 aliphatic carbocycles. The lowest BCUT2D eigenvalue weighted by Crippen LogP contribution is -2.47. The highest BCUT2D eigenvalue weighted by molar-refractivity contribution is 5.73. The lowest BCUT2D eigenvalue weighted by molar-refractivity contribution is 0.203. The first-order chi connectivity index (χ1) is 12.1. The third-order valence-electron chi connectivity index (χ3n) is 5.62. The number of ether oxygens (including phenoxy) is 1. The van der Waals surface area contributed by atoms with Gasteiger partial charge in [0, 0.05) is 26.3 Å². The first-order valence-corrected chi connectivity index (χ1v) is 8.60. The number of carbonyl (C=O) groups excluding carboxylic acids is 1. The van der Waals surface area contributed by atoms with Gasteiger partial charge in [-0.05, 0) is 42.8 Å². The molecule has 2 atom stereocenters. The molecule has 5 nitrogen and oxygen atoms in total. The maximum Gasteiger partial charge on any atom is 0.412 e. The molecule has 25 heavy (non-hydrogen) atoms. The lowest BCUT2D eigenvalue weighted by Gasteiger charge is -2.35. The van der Waals surface area contributed by atoms with Crippen molar-refractivity contribution in [1.29, 1.82) is 0 Å². The van der Waals surface area contributed by atoms with Crippen LogP contribution in [0.1, 0.15) is 17.5 Å². The summed E-state index contributed by atoms with van der Waals surface area (Å²) in [5, 5.41) is 2.50. The molecule has 2 aliphatic rings. The van der Waals surface area contributed by atoms with Gasteiger partial charge in [0.2, 0.25) is 0 Å². The van der Waals surface area contributed by atoms with E-state index in [2.05, 4.69) is 65.6 Å². The molecule has 5 heteroatoms. The van der Waals surface area contributed by atoms with E-state index in [0.29, 0.717) is 5.75 Å². The fraction of sp³-hybridized carbons (Fsp3) is 0.350. The number of nitrogens with one attached hydrogen (secondary N) is 1. The molecule has 1 amide bonds. The molecular formula is C20H23N3O2. The fourth-order valence-electron chi connectivity index (χ4n) is 4.60. The Balaban J connectivity index is 1.88. The van der Waals surface area contributed by atoms with Gasteiger partial charge in [-0.15, -0.1) is 0 Å². The van der Waals surface area contributed by atoms with Crippen LogP contribution in [0.25, 0.3) is 0 Å². The van der Waals surface area contributed by atoms with Gasteiger partial charge >= 0.3 is 6.09 Å². The highest BCUT2D eigenvalue weighted by Gasteiger charge is 2.56. The third kappa shape index (κ3) is 2.23. The number of likely N-dealkylation sites (N-methyl/N-ethyl adjacent to an activating group) is 2. The van der Waals surface area contributed by atoms with E-state index in [-0.39, 0.29) is 11.6 Å². The summed E-state index contributed by atoms with van der Waals surface area (Å²) in [6.45, 7) is 1.03. The van der Waals surface area contributed by atoms with Crippen LogP contribution in [-0.2, 0) is 5.41 Å². The van der Waals surface area contributed by atoms with E-state index in [4.69, 9.17) is 4.74 Å². The van der Waals surface area contributed by atoms with Crippen molar-refractivity contribution < 1.29 is 9.53 Å². The summed E-state index contributed by atoms with van der Waals surface area (Å²) in [7, 11) is 5.89. The first kappa shape index (κ1) is 16.0. The Morgan fingerprint density at radius 2 is 1.96 bits per heavy atom. The Hall–Kier alpha value is -2.53. The number of nitrogens with zero attached hydrogens (tertiary/aromatic N) is 2. The average Bonchev–Trinajstić information content (AvgIpc) is 3.11. The number of likely N-dealkylation sites (tertiary alicyclic amines) is 1. The van der Waals surface area contributed by atoms with Crippen LogP contribution in [0.15, 0.2) is 48.5 Å². The van der Waals surface area contributed by atoms with Crippen molar-refractivity contribution in [1.82, 2.24) is 10.2 Å². The molecule has 4 rings (SSSR count). The van der Waals surface area contributed by atoms with E-state index < -0.39 is 6.09 Å². The second-order valence-corrected chi connectivity index (χ2v) is 6.87. The second kappa shape index (κ2) is 5.77. The molecule has 0 saturated carbocycles. The van der Waals surface area contributed by atoms with Crippen LogP contribution in [0.2, 0.25) is 0 Å². The van der Waals surface area contributed by atoms with Gasteiger partial charge in [0.25, 0.3) is 0 Å². The van der Waals surface area contributed by atoms with Crippen LogP contribution in [0, 0.1) is 0 Å². The molecule has 130 valence electrons. The Kier molecular flexibility index (Phi) is 3.69. The van der Waals surface area contributed by atoms with E-state index in [0.717, 1.165) is 13.0 Å². The van der Waals surface area contributed by atoms with Gasteiger partial charge in [-0.3, -0.25) is 4.90 Å². The topological polar surface area (TPSA) is 44.8 Å². The molecule has 2 aromatic carbocycles. The summed E-state index contributed by atoms with van der Waals surface area (Å²) in [4.78, 5) is 16.4. The summed E-state index contributed by atoms with van der Waals surface area (Å²) in [5.74, 6) is 0.581. The number of amides is 1. The second-order valence-electron chi connectivity index (χ2n) is 6.87. The molecule has 1 saturated heterocycles. The van der Waals surface area contributed by atoms with E-state index in [1.54, 1.807) is 7.05 Å². The first-order valence-electron chi connectivity index (χ1n) is 8.60. The van der Waals surface area contributed by atoms with Gasteiger partial charge in [0.1, 0.15) is 5.75 Å². The number of anilines is 1. The molecule has 1 N–H and O–H groups in total. The van der Waals surface area contributed by atoms with Gasteiger partial charge in [-0.2, -0.15) is 0 Å². The maximum atomic E-state index is 11.6. The molecule has 2 aliphatic heterocycles. The summed E-state index contributed by atoms with van der Waals surface area (Å²) in [6, 6.07) is 16.6. The molecule has 1 fully saturated rings. The molecule has 2 heterocycles. The smallest absolute Gasteiger partial charge is 0.410 e. The zero-order valence-corrected chi connectivity index (χ0v) is 14.8. The normalized spacial score (nSPS) is 24.8. The molecule has 0 unspecified atom stereocenters. The minimum absolute atomic E-state index is 0.109. The minimum Gasteiger partial charge on any atom is -0.410 e. The largest absolute Gasteiger partial charge is 0.412 e. The van der Waals surface area contributed by atoms with Crippen LogP contribution in [0.5, 0.6) is 5.75 Å². The Morgan fingerprint density at radius 1 is 1.20 bits per heavy atom. The van der Waals surface area contributed by atoms with Crippen molar-refractivity contribution in [3.8, 4) is 5.75 Å². The highest BCUT2D eigenvalue weighted by atomic mass is 16.5. The quantitative estimate of drug-likeness (QED) is 0.915. The molecule has 0 radical (unpaired) electrons. The van der Waals surface area contributed by atoms with Crippen LogP contribution >= 0.6 is 0 Å². The van der Waals surface area contributed by atoms with Crippen molar-refractivity contribution in [3.05, 3.63) is 59.7 Å².